The minimum Gasteiger partial charge on any atom is -0.551 e. The smallest absolute Gasteiger partial charge is 0.208 e. The standard InChI is InChI=1S/C27H44O4Si2.CH2O/c1-18(2)23-17-27(6)20(4)25(15-14-22(27)16-24(23)28)29-21(5)26(31-33-8)13-11-9-10-12-19(3)30-32-7;1-2/h9-11,13,16,19-21,23,25-26,32H,1,7,12,14-15,17,33H2,2-6,8H3;1H2/b10-9+,13-11+;. The van der Waals surface area contributed by atoms with E-state index in [1.54, 1.807) is 0 Å². The molecule has 1 saturated carbocycles. The van der Waals surface area contributed by atoms with E-state index in [4.69, 9.17) is 18.4 Å². The van der Waals surface area contributed by atoms with Crippen LogP contribution in [0.1, 0.15) is 60.3 Å². The number of carbonyl (C=O) groups excluding carboxylic acids is 2. The van der Waals surface area contributed by atoms with E-state index in [0.717, 1.165) is 31.3 Å². The third-order valence-electron chi connectivity index (χ3n) is 7.43. The second kappa shape index (κ2) is 15.4. The Labute approximate surface area is 217 Å². The first-order chi connectivity index (χ1) is 16.6. The van der Waals surface area contributed by atoms with Crippen molar-refractivity contribution in [3.63, 3.8) is 0 Å². The summed E-state index contributed by atoms with van der Waals surface area (Å²) in [5.41, 5.74) is 2.24. The van der Waals surface area contributed by atoms with Gasteiger partial charge in [0.25, 0.3) is 0 Å². The van der Waals surface area contributed by atoms with Gasteiger partial charge in [0, 0.05) is 12.3 Å². The van der Waals surface area contributed by atoms with Gasteiger partial charge in [-0.25, -0.2) is 0 Å². The lowest BCUT2D eigenvalue weighted by Gasteiger charge is -2.50. The van der Waals surface area contributed by atoms with E-state index < -0.39 is 9.76 Å². The van der Waals surface area contributed by atoms with Crippen LogP contribution < -0.4 is 0 Å². The first kappa shape index (κ1) is 31.4. The first-order valence-electron chi connectivity index (χ1n) is 12.7. The van der Waals surface area contributed by atoms with Crippen molar-refractivity contribution in [2.24, 2.45) is 17.3 Å². The number of hydrogen-bond donors (Lipinski definition) is 0. The summed E-state index contributed by atoms with van der Waals surface area (Å²) in [5.74, 6) is 0.482. The average molecular weight is 519 g/mol. The van der Waals surface area contributed by atoms with E-state index in [9.17, 15) is 4.79 Å². The molecule has 196 valence electrons. The highest BCUT2D eigenvalue weighted by Gasteiger charge is 2.48. The lowest BCUT2D eigenvalue weighted by atomic mass is 9.57. The minimum atomic E-state index is -0.574. The molecule has 7 heteroatoms. The van der Waals surface area contributed by atoms with Crippen molar-refractivity contribution in [1.29, 1.82) is 0 Å². The molecule has 0 bridgehead atoms. The zero-order valence-corrected chi connectivity index (χ0v) is 25.2. The third kappa shape index (κ3) is 8.74. The van der Waals surface area contributed by atoms with Crippen molar-refractivity contribution >= 4 is 37.9 Å². The molecule has 0 radical (unpaired) electrons. The molecule has 2 rings (SSSR count). The second-order valence-corrected chi connectivity index (χ2v) is 11.4. The Morgan fingerprint density at radius 1 is 1.34 bits per heavy atom. The molecule has 2 aliphatic carbocycles. The molecule has 0 amide bonds. The van der Waals surface area contributed by atoms with E-state index in [1.807, 2.05) is 19.8 Å². The number of hydrogen-bond acceptors (Lipinski definition) is 5. The molecule has 0 saturated heterocycles. The highest BCUT2D eigenvalue weighted by atomic mass is 28.2. The van der Waals surface area contributed by atoms with Crippen LogP contribution in [-0.4, -0.2) is 62.3 Å². The summed E-state index contributed by atoms with van der Waals surface area (Å²) in [5, 5.41) is 0. The van der Waals surface area contributed by atoms with Gasteiger partial charge in [-0.2, -0.15) is 0 Å². The molecule has 5 nitrogen and oxygen atoms in total. The van der Waals surface area contributed by atoms with E-state index in [0.29, 0.717) is 5.92 Å². The Hall–Kier alpha value is -1.68. The van der Waals surface area contributed by atoms with Gasteiger partial charge in [-0.3, -0.25) is 4.79 Å². The Bertz CT molecular complexity index is 805. The lowest BCUT2D eigenvalue weighted by Crippen LogP contribution is -2.47. The molecule has 0 heterocycles. The summed E-state index contributed by atoms with van der Waals surface area (Å²) in [6.07, 6.45) is 18.0. The van der Waals surface area contributed by atoms with E-state index >= 15 is 0 Å². The largest absolute Gasteiger partial charge is 0.551 e. The van der Waals surface area contributed by atoms with Crippen LogP contribution in [0.25, 0.3) is 0 Å². The average Bonchev–Trinajstić information content (AvgIpc) is 2.82. The van der Waals surface area contributed by atoms with Gasteiger partial charge in [-0.15, -0.1) is 0 Å². The molecular formula is C28H46O5Si2. The molecule has 7 atom stereocenters. The number of ketones is 1. The molecule has 35 heavy (non-hydrogen) atoms. The van der Waals surface area contributed by atoms with E-state index in [-0.39, 0.29) is 50.9 Å². The predicted octanol–water partition coefficient (Wildman–Crippen LogP) is 4.31. The Morgan fingerprint density at radius 3 is 2.63 bits per heavy atom. The van der Waals surface area contributed by atoms with Crippen molar-refractivity contribution in [3.8, 4) is 0 Å². The highest BCUT2D eigenvalue weighted by Crippen LogP contribution is 2.53. The number of rotatable bonds is 12. The van der Waals surface area contributed by atoms with Gasteiger partial charge in [0.15, 0.2) is 15.5 Å². The van der Waals surface area contributed by atoms with E-state index in [2.05, 4.69) is 71.3 Å². The van der Waals surface area contributed by atoms with Crippen LogP contribution in [0.15, 0.2) is 48.1 Å². The van der Waals surface area contributed by atoms with Crippen LogP contribution in [0, 0.1) is 17.3 Å². The zero-order valence-electron chi connectivity index (χ0n) is 22.6. The number of allylic oxidation sites excluding steroid dienone is 5. The Kier molecular flexibility index (Phi) is 13.8. The lowest BCUT2D eigenvalue weighted by molar-refractivity contribution is -0.123. The summed E-state index contributed by atoms with van der Waals surface area (Å²) in [4.78, 5) is 20.6. The van der Waals surface area contributed by atoms with Crippen LogP contribution >= 0.6 is 0 Å². The fraction of sp³-hybridized carbons (Fsp3) is 0.607. The summed E-state index contributed by atoms with van der Waals surface area (Å²) >= 11 is 0. The quantitative estimate of drug-likeness (QED) is 0.219. The van der Waals surface area contributed by atoms with Crippen LogP contribution in [0.2, 0.25) is 6.55 Å². The van der Waals surface area contributed by atoms with Gasteiger partial charge in [-0.05, 0) is 57.4 Å². The zero-order chi connectivity index (χ0) is 26.6. The van der Waals surface area contributed by atoms with Crippen molar-refractivity contribution in [2.45, 2.75) is 91.3 Å². The van der Waals surface area contributed by atoms with Crippen molar-refractivity contribution in [3.05, 3.63) is 48.1 Å². The second-order valence-electron chi connectivity index (χ2n) is 9.88. The third-order valence-corrected chi connectivity index (χ3v) is 8.81. The summed E-state index contributed by atoms with van der Waals surface area (Å²) in [6.45, 7) is 19.0. The Morgan fingerprint density at radius 2 is 2.03 bits per heavy atom. The molecule has 0 aliphatic heterocycles. The summed E-state index contributed by atoms with van der Waals surface area (Å²) in [6, 6.07) is 0. The van der Waals surface area contributed by atoms with Crippen LogP contribution in [0.4, 0.5) is 0 Å². The molecule has 0 aromatic heterocycles. The van der Waals surface area contributed by atoms with Gasteiger partial charge in [-0.1, -0.05) is 68.6 Å². The first-order valence-corrected chi connectivity index (χ1v) is 16.0. The predicted molar refractivity (Wildman–Crippen MR) is 151 cm³/mol. The summed E-state index contributed by atoms with van der Waals surface area (Å²) in [7, 11) is -0.736. The van der Waals surface area contributed by atoms with Crippen LogP contribution in [-0.2, 0) is 23.2 Å². The van der Waals surface area contributed by atoms with Crippen LogP contribution in [0.3, 0.4) is 0 Å². The van der Waals surface area contributed by atoms with Gasteiger partial charge in [0.1, 0.15) is 6.79 Å². The number of carbonyl (C=O) groups is 2. The van der Waals surface area contributed by atoms with Crippen molar-refractivity contribution in [1.82, 2.24) is 0 Å². The normalized spacial score (nSPS) is 29.3. The number of fused-ring (bicyclic) bond motifs is 1. The molecule has 1 fully saturated rings. The van der Waals surface area contributed by atoms with Gasteiger partial charge in [0.2, 0.25) is 9.38 Å². The fourth-order valence-corrected chi connectivity index (χ4v) is 6.33. The maximum absolute atomic E-state index is 12.6. The van der Waals surface area contributed by atoms with E-state index in [1.165, 1.54) is 5.57 Å². The van der Waals surface area contributed by atoms with Gasteiger partial charge in [0.05, 0.1) is 24.4 Å². The maximum Gasteiger partial charge on any atom is 0.208 e. The molecule has 2 aliphatic rings. The molecule has 0 N–H and O–H groups in total. The van der Waals surface area contributed by atoms with Gasteiger partial charge >= 0.3 is 0 Å². The molecule has 0 spiro atoms. The summed E-state index contributed by atoms with van der Waals surface area (Å²) < 4.78 is 18.3. The highest BCUT2D eigenvalue weighted by molar-refractivity contribution is 6.33. The SMILES string of the molecule is C=O.C=[SiH]OC(C)C/C=C/C=C/C(O[SiH2]C)C(C)OC1CCC2=CC(=O)C(C(=C)C)CC2(C)C1C. The molecule has 0 aromatic carbocycles. The fourth-order valence-electron chi connectivity index (χ4n) is 5.13. The Balaban J connectivity index is 0.00000298. The topological polar surface area (TPSA) is 61.8 Å². The minimum absolute atomic E-state index is 0.0247. The van der Waals surface area contributed by atoms with Crippen molar-refractivity contribution in [2.75, 3.05) is 0 Å². The maximum atomic E-state index is 12.6. The molecular weight excluding hydrogens is 472 g/mol. The van der Waals surface area contributed by atoms with Crippen LogP contribution in [0.5, 0.6) is 0 Å². The molecule has 0 aromatic rings. The van der Waals surface area contributed by atoms with Crippen molar-refractivity contribution < 1.29 is 23.2 Å². The molecule has 7 unspecified atom stereocenters. The number of ether oxygens (including phenoxy) is 1. The van der Waals surface area contributed by atoms with Gasteiger partial charge < -0.3 is 18.4 Å². The monoisotopic (exact) mass is 518 g/mol.